The Morgan fingerprint density at radius 2 is 2.07 bits per heavy atom. The van der Waals surface area contributed by atoms with Gasteiger partial charge in [0.15, 0.2) is 0 Å². The second kappa shape index (κ2) is 3.21. The van der Waals surface area contributed by atoms with Gasteiger partial charge in [-0.1, -0.05) is 13.8 Å². The molecule has 2 fully saturated rings. The third-order valence-electron chi connectivity index (χ3n) is 5.13. The summed E-state index contributed by atoms with van der Waals surface area (Å²) in [5.74, 6) is 1.67. The first-order chi connectivity index (χ1) is 6.59. The van der Waals surface area contributed by atoms with E-state index in [0.717, 1.165) is 11.8 Å². The molecule has 0 aromatic rings. The molecule has 2 heteroatoms. The van der Waals surface area contributed by atoms with Gasteiger partial charge in [-0.05, 0) is 42.9 Å². The lowest BCUT2D eigenvalue weighted by atomic mass is 9.70. The van der Waals surface area contributed by atoms with Crippen LogP contribution in [0.3, 0.4) is 0 Å². The first-order valence-electron chi connectivity index (χ1n) is 5.90. The maximum Gasteiger partial charge on any atom is 0.0505 e. The molecule has 14 heavy (non-hydrogen) atoms. The molecule has 2 aliphatic rings. The fourth-order valence-corrected chi connectivity index (χ4v) is 3.53. The van der Waals surface area contributed by atoms with Crippen molar-refractivity contribution in [1.82, 2.24) is 0 Å². The van der Waals surface area contributed by atoms with Crippen molar-refractivity contribution in [3.63, 3.8) is 0 Å². The summed E-state index contributed by atoms with van der Waals surface area (Å²) < 4.78 is 0. The highest BCUT2D eigenvalue weighted by Gasteiger charge is 2.66. The summed E-state index contributed by atoms with van der Waals surface area (Å²) in [7, 11) is 0. The van der Waals surface area contributed by atoms with Crippen molar-refractivity contribution >= 4 is 0 Å². The first kappa shape index (κ1) is 10.4. The van der Waals surface area contributed by atoms with E-state index >= 15 is 0 Å². The molecule has 2 aliphatic carbocycles. The monoisotopic (exact) mass is 197 g/mol. The van der Waals surface area contributed by atoms with E-state index < -0.39 is 0 Å². The van der Waals surface area contributed by atoms with Crippen LogP contribution in [-0.2, 0) is 0 Å². The largest absolute Gasteiger partial charge is 0.396 e. The van der Waals surface area contributed by atoms with Crippen LogP contribution in [0.5, 0.6) is 0 Å². The van der Waals surface area contributed by atoms with E-state index in [4.69, 9.17) is 5.73 Å². The van der Waals surface area contributed by atoms with Gasteiger partial charge in [-0.15, -0.1) is 0 Å². The van der Waals surface area contributed by atoms with Crippen LogP contribution >= 0.6 is 0 Å². The normalized spacial score (nSPS) is 52.3. The van der Waals surface area contributed by atoms with Crippen LogP contribution in [0.4, 0.5) is 0 Å². The van der Waals surface area contributed by atoms with Crippen molar-refractivity contribution in [3.05, 3.63) is 0 Å². The minimum absolute atomic E-state index is 0.0986. The molecular weight excluding hydrogens is 174 g/mol. The fourth-order valence-electron chi connectivity index (χ4n) is 3.53. The molecule has 2 nitrogen and oxygen atoms in total. The van der Waals surface area contributed by atoms with Crippen LogP contribution in [0.15, 0.2) is 0 Å². The van der Waals surface area contributed by atoms with E-state index in [1.165, 1.54) is 25.7 Å². The molecule has 0 heterocycles. The Morgan fingerprint density at radius 3 is 2.50 bits per heavy atom. The molecule has 2 saturated carbocycles. The standard InChI is InChI=1S/C12H23NO/c1-9-3-4-11(5-10(9)2)6-12(11,7-13)8-14/h9-10,14H,3-8,13H2,1-2H3. The molecule has 0 aromatic heterocycles. The van der Waals surface area contributed by atoms with Crippen molar-refractivity contribution in [3.8, 4) is 0 Å². The van der Waals surface area contributed by atoms with E-state index in [-0.39, 0.29) is 5.41 Å². The Morgan fingerprint density at radius 1 is 1.36 bits per heavy atom. The van der Waals surface area contributed by atoms with E-state index in [9.17, 15) is 5.11 Å². The maximum atomic E-state index is 9.45. The summed E-state index contributed by atoms with van der Waals surface area (Å²) in [4.78, 5) is 0. The van der Waals surface area contributed by atoms with E-state index in [1.54, 1.807) is 0 Å². The zero-order valence-electron chi connectivity index (χ0n) is 9.42. The molecule has 0 saturated heterocycles. The second-order valence-electron chi connectivity index (χ2n) is 5.80. The Hall–Kier alpha value is -0.0800. The van der Waals surface area contributed by atoms with Gasteiger partial charge in [-0.2, -0.15) is 0 Å². The van der Waals surface area contributed by atoms with Crippen molar-refractivity contribution in [1.29, 1.82) is 0 Å². The van der Waals surface area contributed by atoms with Crippen LogP contribution < -0.4 is 5.73 Å². The molecule has 0 radical (unpaired) electrons. The number of rotatable bonds is 2. The molecule has 4 unspecified atom stereocenters. The Labute approximate surface area is 86.9 Å². The molecule has 0 aromatic carbocycles. The SMILES string of the molecule is CC1CCC2(CC1C)CC2(CN)CO. The van der Waals surface area contributed by atoms with Gasteiger partial charge in [0.05, 0.1) is 6.61 Å². The minimum Gasteiger partial charge on any atom is -0.396 e. The van der Waals surface area contributed by atoms with Crippen LogP contribution in [0.2, 0.25) is 0 Å². The minimum atomic E-state index is 0.0986. The van der Waals surface area contributed by atoms with Gasteiger partial charge in [0, 0.05) is 12.0 Å². The Bertz CT molecular complexity index is 224. The van der Waals surface area contributed by atoms with Gasteiger partial charge < -0.3 is 10.8 Å². The zero-order chi connectivity index (χ0) is 10.4. The van der Waals surface area contributed by atoms with Gasteiger partial charge in [-0.3, -0.25) is 0 Å². The van der Waals surface area contributed by atoms with Gasteiger partial charge in [-0.25, -0.2) is 0 Å². The molecule has 0 bridgehead atoms. The smallest absolute Gasteiger partial charge is 0.0505 e. The van der Waals surface area contributed by atoms with Gasteiger partial charge >= 0.3 is 0 Å². The number of aliphatic hydroxyl groups is 1. The average molecular weight is 197 g/mol. The van der Waals surface area contributed by atoms with Crippen molar-refractivity contribution in [2.45, 2.75) is 39.5 Å². The van der Waals surface area contributed by atoms with Crippen molar-refractivity contribution < 1.29 is 5.11 Å². The highest BCUT2D eigenvalue weighted by molar-refractivity contribution is 5.16. The van der Waals surface area contributed by atoms with E-state index in [2.05, 4.69) is 13.8 Å². The lowest BCUT2D eigenvalue weighted by Crippen LogP contribution is -2.32. The Balaban J connectivity index is 2.07. The molecule has 4 atom stereocenters. The Kier molecular flexibility index (Phi) is 2.39. The zero-order valence-corrected chi connectivity index (χ0v) is 9.42. The molecule has 1 spiro atoms. The van der Waals surface area contributed by atoms with Crippen LogP contribution in [0, 0.1) is 22.7 Å². The molecule has 2 rings (SSSR count). The van der Waals surface area contributed by atoms with E-state index in [0.29, 0.717) is 18.6 Å². The second-order valence-corrected chi connectivity index (χ2v) is 5.80. The third kappa shape index (κ3) is 1.24. The number of hydrogen-bond acceptors (Lipinski definition) is 2. The summed E-state index contributed by atoms with van der Waals surface area (Å²) >= 11 is 0. The van der Waals surface area contributed by atoms with Gasteiger partial charge in [0.25, 0.3) is 0 Å². The molecule has 0 aliphatic heterocycles. The summed E-state index contributed by atoms with van der Waals surface area (Å²) in [6.45, 7) is 5.67. The predicted molar refractivity (Wildman–Crippen MR) is 57.8 cm³/mol. The summed E-state index contributed by atoms with van der Waals surface area (Å²) in [5, 5.41) is 9.45. The topological polar surface area (TPSA) is 46.2 Å². The highest BCUT2D eigenvalue weighted by Crippen LogP contribution is 2.70. The van der Waals surface area contributed by atoms with Crippen molar-refractivity contribution in [2.24, 2.45) is 28.4 Å². The number of nitrogens with two attached hydrogens (primary N) is 1. The summed E-state index contributed by atoms with van der Waals surface area (Å²) in [5.41, 5.74) is 6.32. The third-order valence-corrected chi connectivity index (χ3v) is 5.13. The van der Waals surface area contributed by atoms with Gasteiger partial charge in [0.2, 0.25) is 0 Å². The summed E-state index contributed by atoms with van der Waals surface area (Å²) in [6.07, 6.45) is 5.06. The van der Waals surface area contributed by atoms with Gasteiger partial charge in [0.1, 0.15) is 0 Å². The van der Waals surface area contributed by atoms with Crippen molar-refractivity contribution in [2.75, 3.05) is 13.2 Å². The highest BCUT2D eigenvalue weighted by atomic mass is 16.3. The van der Waals surface area contributed by atoms with E-state index in [1.807, 2.05) is 0 Å². The molecule has 82 valence electrons. The number of aliphatic hydroxyl groups excluding tert-OH is 1. The quantitative estimate of drug-likeness (QED) is 0.708. The molecule has 0 amide bonds. The molecule has 3 N–H and O–H groups in total. The average Bonchev–Trinajstić information content (AvgIpc) is 2.81. The van der Waals surface area contributed by atoms with Crippen LogP contribution in [-0.4, -0.2) is 18.3 Å². The molecular formula is C12H23NO. The number of hydrogen-bond donors (Lipinski definition) is 2. The lowest BCUT2D eigenvalue weighted by Gasteiger charge is -2.35. The summed E-state index contributed by atoms with van der Waals surface area (Å²) in [6, 6.07) is 0. The fraction of sp³-hybridized carbons (Fsp3) is 1.00. The first-order valence-corrected chi connectivity index (χ1v) is 5.90. The lowest BCUT2D eigenvalue weighted by molar-refractivity contribution is 0.111. The maximum absolute atomic E-state index is 9.45. The predicted octanol–water partition coefficient (Wildman–Crippen LogP) is 1.77. The van der Waals surface area contributed by atoms with Crippen LogP contribution in [0.1, 0.15) is 39.5 Å². The van der Waals surface area contributed by atoms with Crippen LogP contribution in [0.25, 0.3) is 0 Å².